The van der Waals surface area contributed by atoms with Crippen LogP contribution in [-0.4, -0.2) is 10.5 Å². The third-order valence-electron chi connectivity index (χ3n) is 1.82. The van der Waals surface area contributed by atoms with Crippen LogP contribution in [0.4, 0.5) is 0 Å². The summed E-state index contributed by atoms with van der Waals surface area (Å²) in [6.07, 6.45) is 9.82. The molecule has 0 saturated carbocycles. The lowest BCUT2D eigenvalue weighted by atomic mass is 10.1. The number of rotatable bonds is 3. The first-order valence-corrected chi connectivity index (χ1v) is 7.21. The maximum Gasteiger partial charge on any atom is 0.0441 e. The summed E-state index contributed by atoms with van der Waals surface area (Å²) >= 11 is 3.96. The second-order valence-electron chi connectivity index (χ2n) is 4.45. The molecule has 84 valence electrons. The van der Waals surface area contributed by atoms with Crippen LogP contribution < -0.4 is 0 Å². The molecule has 0 unspecified atom stereocenters. The first kappa shape index (κ1) is 13.0. The molecule has 0 atom stereocenters. The lowest BCUT2D eigenvalue weighted by molar-refractivity contribution is 0.807. The van der Waals surface area contributed by atoms with E-state index < -0.39 is 0 Å². The van der Waals surface area contributed by atoms with E-state index in [1.54, 1.807) is 0 Å². The molecular weight excluding hydrogens is 220 g/mol. The summed E-state index contributed by atoms with van der Waals surface area (Å²) in [5.74, 6) is 1.15. The van der Waals surface area contributed by atoms with Crippen LogP contribution in [0.3, 0.4) is 0 Å². The fraction of sp³-hybridized carbons (Fsp3) is 0.538. The summed E-state index contributed by atoms with van der Waals surface area (Å²) in [6, 6.07) is 0. The van der Waals surface area contributed by atoms with E-state index in [4.69, 9.17) is 0 Å². The van der Waals surface area contributed by atoms with Gasteiger partial charge < -0.3 is 0 Å². The van der Waals surface area contributed by atoms with Crippen molar-refractivity contribution in [2.45, 2.75) is 38.9 Å². The zero-order chi connectivity index (χ0) is 11.3. The van der Waals surface area contributed by atoms with Crippen LogP contribution in [0.2, 0.25) is 0 Å². The predicted octanol–water partition coefficient (Wildman–Crippen LogP) is 5.00. The average Bonchev–Trinajstić information content (AvgIpc) is 2.17. The second-order valence-corrected chi connectivity index (χ2v) is 7.82. The predicted molar refractivity (Wildman–Crippen MR) is 75.4 cm³/mol. The number of hydrogen-bond acceptors (Lipinski definition) is 2. The lowest BCUT2D eigenvalue weighted by Crippen LogP contribution is -2.07. The fourth-order valence-electron chi connectivity index (χ4n) is 1.26. The van der Waals surface area contributed by atoms with Crippen molar-refractivity contribution in [2.24, 2.45) is 0 Å². The Bertz CT molecular complexity index is 290. The first-order chi connectivity index (χ1) is 7.03. The van der Waals surface area contributed by atoms with Crippen LogP contribution in [0, 0.1) is 0 Å². The topological polar surface area (TPSA) is 0 Å². The zero-order valence-electron chi connectivity index (χ0n) is 10.0. The standard InChI is InChI=1S/C13H20S2/c1-5-14-12(15-13(2,3)4)11-9-7-6-8-10-11/h6-9H,5,10H2,1-4H3. The van der Waals surface area contributed by atoms with Crippen molar-refractivity contribution >= 4 is 23.5 Å². The summed E-state index contributed by atoms with van der Waals surface area (Å²) in [5.41, 5.74) is 1.48. The minimum absolute atomic E-state index is 0.305. The zero-order valence-corrected chi connectivity index (χ0v) is 11.7. The lowest BCUT2D eigenvalue weighted by Gasteiger charge is -2.21. The normalized spacial score (nSPS) is 19.5. The maximum atomic E-state index is 2.27. The molecule has 0 N–H and O–H groups in total. The minimum Gasteiger partial charge on any atom is -0.119 e. The van der Waals surface area contributed by atoms with Gasteiger partial charge in [-0.05, 0) is 17.7 Å². The van der Waals surface area contributed by atoms with E-state index in [2.05, 4.69) is 52.0 Å². The Morgan fingerprint density at radius 3 is 2.53 bits per heavy atom. The third-order valence-corrected chi connectivity index (χ3v) is 4.30. The fourth-order valence-corrected chi connectivity index (χ4v) is 4.04. The van der Waals surface area contributed by atoms with Crippen molar-refractivity contribution in [1.82, 2.24) is 0 Å². The van der Waals surface area contributed by atoms with E-state index in [0.717, 1.165) is 12.2 Å². The Morgan fingerprint density at radius 2 is 2.07 bits per heavy atom. The van der Waals surface area contributed by atoms with Gasteiger partial charge in [0.15, 0.2) is 0 Å². The van der Waals surface area contributed by atoms with Crippen LogP contribution in [0.15, 0.2) is 34.1 Å². The van der Waals surface area contributed by atoms with Crippen LogP contribution >= 0.6 is 23.5 Å². The smallest absolute Gasteiger partial charge is 0.0441 e. The van der Waals surface area contributed by atoms with Crippen LogP contribution in [0.5, 0.6) is 0 Å². The molecule has 0 aliphatic heterocycles. The van der Waals surface area contributed by atoms with Gasteiger partial charge in [0.2, 0.25) is 0 Å². The monoisotopic (exact) mass is 240 g/mol. The molecule has 0 aromatic rings. The molecular formula is C13H20S2. The van der Waals surface area contributed by atoms with Crippen LogP contribution in [-0.2, 0) is 0 Å². The Kier molecular flexibility index (Phi) is 5.07. The van der Waals surface area contributed by atoms with Gasteiger partial charge in [0.25, 0.3) is 0 Å². The molecule has 1 rings (SSSR count). The van der Waals surface area contributed by atoms with E-state index in [1.165, 1.54) is 9.81 Å². The SMILES string of the molecule is CCSC(SC(C)(C)C)=C1C=CC=CC1. The van der Waals surface area contributed by atoms with Gasteiger partial charge in [0.1, 0.15) is 0 Å². The van der Waals surface area contributed by atoms with E-state index in [-0.39, 0.29) is 0 Å². The summed E-state index contributed by atoms with van der Waals surface area (Å²) in [6.45, 7) is 9.04. The molecule has 0 aromatic carbocycles. The van der Waals surface area contributed by atoms with E-state index in [1.807, 2.05) is 23.5 Å². The number of thioether (sulfide) groups is 2. The quantitative estimate of drug-likeness (QED) is 0.681. The van der Waals surface area contributed by atoms with Crippen molar-refractivity contribution in [3.05, 3.63) is 34.1 Å². The van der Waals surface area contributed by atoms with Gasteiger partial charge in [-0.15, -0.1) is 23.5 Å². The van der Waals surface area contributed by atoms with Crippen LogP contribution in [0.1, 0.15) is 34.1 Å². The number of hydrogen-bond donors (Lipinski definition) is 0. The highest BCUT2D eigenvalue weighted by Gasteiger charge is 2.16. The van der Waals surface area contributed by atoms with Gasteiger partial charge in [0.05, 0.1) is 0 Å². The van der Waals surface area contributed by atoms with Crippen molar-refractivity contribution in [3.8, 4) is 0 Å². The molecule has 0 fully saturated rings. The molecule has 0 saturated heterocycles. The largest absolute Gasteiger partial charge is 0.119 e. The summed E-state index contributed by atoms with van der Waals surface area (Å²) < 4.78 is 1.80. The molecule has 1 aliphatic rings. The van der Waals surface area contributed by atoms with Crippen LogP contribution in [0.25, 0.3) is 0 Å². The molecule has 0 heterocycles. The first-order valence-electron chi connectivity index (χ1n) is 5.41. The van der Waals surface area contributed by atoms with Crippen molar-refractivity contribution in [1.29, 1.82) is 0 Å². The van der Waals surface area contributed by atoms with Crippen molar-refractivity contribution in [3.63, 3.8) is 0 Å². The van der Waals surface area contributed by atoms with Crippen molar-refractivity contribution < 1.29 is 0 Å². The van der Waals surface area contributed by atoms with Gasteiger partial charge in [-0.3, -0.25) is 0 Å². The molecule has 0 nitrogen and oxygen atoms in total. The molecule has 0 radical (unpaired) electrons. The molecule has 0 amide bonds. The Morgan fingerprint density at radius 1 is 1.33 bits per heavy atom. The van der Waals surface area contributed by atoms with E-state index in [9.17, 15) is 0 Å². The highest BCUT2D eigenvalue weighted by molar-refractivity contribution is 8.22. The molecule has 0 aromatic heterocycles. The Balaban J connectivity index is 2.81. The molecule has 0 bridgehead atoms. The molecule has 2 heteroatoms. The van der Waals surface area contributed by atoms with Gasteiger partial charge in [-0.1, -0.05) is 52.0 Å². The van der Waals surface area contributed by atoms with E-state index >= 15 is 0 Å². The molecule has 0 spiro atoms. The summed E-state index contributed by atoms with van der Waals surface area (Å²) in [7, 11) is 0. The summed E-state index contributed by atoms with van der Waals surface area (Å²) in [5, 5.41) is 0. The van der Waals surface area contributed by atoms with E-state index in [0.29, 0.717) is 4.75 Å². The minimum atomic E-state index is 0.305. The van der Waals surface area contributed by atoms with Gasteiger partial charge in [0, 0.05) is 8.98 Å². The van der Waals surface area contributed by atoms with Gasteiger partial charge in [-0.2, -0.15) is 0 Å². The maximum absolute atomic E-state index is 2.27. The highest BCUT2D eigenvalue weighted by Crippen LogP contribution is 2.41. The second kappa shape index (κ2) is 5.86. The van der Waals surface area contributed by atoms with Gasteiger partial charge in [-0.25, -0.2) is 0 Å². The Hall–Kier alpha value is -0.0800. The van der Waals surface area contributed by atoms with Crippen molar-refractivity contribution in [2.75, 3.05) is 5.75 Å². The number of allylic oxidation sites excluding steroid dienone is 5. The third kappa shape index (κ3) is 4.98. The van der Waals surface area contributed by atoms with Gasteiger partial charge >= 0.3 is 0 Å². The summed E-state index contributed by atoms with van der Waals surface area (Å²) in [4.78, 5) is 0. The average molecular weight is 240 g/mol. The highest BCUT2D eigenvalue weighted by atomic mass is 32.2. The molecule has 1 aliphatic carbocycles. The Labute approximate surface area is 102 Å². The molecule has 15 heavy (non-hydrogen) atoms.